The van der Waals surface area contributed by atoms with Crippen molar-refractivity contribution in [1.82, 2.24) is 4.98 Å². The molecule has 0 saturated carbocycles. The fraction of sp³-hybridized carbons (Fsp3) is 0. The summed E-state index contributed by atoms with van der Waals surface area (Å²) in [6.07, 6.45) is 5.84. The van der Waals surface area contributed by atoms with E-state index < -0.39 is 0 Å². The van der Waals surface area contributed by atoms with Crippen molar-refractivity contribution < 1.29 is 9.41 Å². The van der Waals surface area contributed by atoms with Crippen molar-refractivity contribution in [1.29, 1.82) is 0 Å². The summed E-state index contributed by atoms with van der Waals surface area (Å²) < 4.78 is 5.78. The van der Waals surface area contributed by atoms with Gasteiger partial charge in [-0.2, -0.15) is 0 Å². The number of nitrogens with one attached hydrogen (secondary N) is 2. The number of para-hydroxylation sites is 2. The number of aromatic amines is 1. The van der Waals surface area contributed by atoms with Crippen LogP contribution in [0.25, 0.3) is 22.0 Å². The van der Waals surface area contributed by atoms with Crippen LogP contribution in [-0.4, -0.2) is 11.2 Å². The van der Waals surface area contributed by atoms with Crippen molar-refractivity contribution in [3.8, 4) is 0 Å². The minimum atomic E-state index is 0.865. The van der Waals surface area contributed by atoms with Gasteiger partial charge in [-0.15, -0.1) is 0 Å². The molecule has 1 aliphatic heterocycles. The molecule has 2 aromatic carbocycles. The van der Waals surface area contributed by atoms with Gasteiger partial charge < -0.3 is 9.40 Å². The zero-order valence-electron chi connectivity index (χ0n) is 12.9. The van der Waals surface area contributed by atoms with Gasteiger partial charge in [-0.05, 0) is 24.3 Å². The van der Waals surface area contributed by atoms with Gasteiger partial charge in [-0.25, -0.2) is 4.99 Å². The third kappa shape index (κ3) is 1.88. The summed E-state index contributed by atoms with van der Waals surface area (Å²) in [7, 11) is 0. The second-order valence-corrected chi connectivity index (χ2v) is 5.85. The summed E-state index contributed by atoms with van der Waals surface area (Å²) in [5, 5.41) is 1.19. The Morgan fingerprint density at radius 3 is 2.71 bits per heavy atom. The SMILES string of the molecule is C1=[NH+]c2ccccc2C1=C(c1ccco1)c1c[nH]c2ccccc12. The van der Waals surface area contributed by atoms with Crippen molar-refractivity contribution in [2.24, 2.45) is 0 Å². The first kappa shape index (κ1) is 13.1. The molecule has 0 bridgehead atoms. The van der Waals surface area contributed by atoms with Gasteiger partial charge in [-0.1, -0.05) is 30.3 Å². The number of allylic oxidation sites excluding steroid dienone is 1. The fourth-order valence-corrected chi connectivity index (χ4v) is 3.39. The Hall–Kier alpha value is -3.33. The van der Waals surface area contributed by atoms with Crippen LogP contribution in [0.2, 0.25) is 0 Å². The Kier molecular flexibility index (Phi) is 2.79. The molecule has 114 valence electrons. The predicted molar refractivity (Wildman–Crippen MR) is 96.1 cm³/mol. The minimum absolute atomic E-state index is 0.865. The average molecular weight is 311 g/mol. The molecule has 0 spiro atoms. The molecule has 0 unspecified atom stereocenters. The van der Waals surface area contributed by atoms with E-state index in [1.54, 1.807) is 6.26 Å². The molecule has 1 aliphatic rings. The third-order valence-electron chi connectivity index (χ3n) is 4.48. The first-order valence-electron chi connectivity index (χ1n) is 7.95. The van der Waals surface area contributed by atoms with E-state index in [1.807, 2.05) is 24.3 Å². The Labute approximate surface area is 139 Å². The van der Waals surface area contributed by atoms with Crippen molar-refractivity contribution in [2.75, 3.05) is 0 Å². The van der Waals surface area contributed by atoms with Crippen LogP contribution in [0.5, 0.6) is 0 Å². The number of hydrogen-bond donors (Lipinski definition) is 2. The lowest BCUT2D eigenvalue weighted by atomic mass is 9.94. The summed E-state index contributed by atoms with van der Waals surface area (Å²) in [6, 6.07) is 20.6. The lowest BCUT2D eigenvalue weighted by Gasteiger charge is -2.07. The Balaban J connectivity index is 1.86. The molecule has 3 heteroatoms. The maximum atomic E-state index is 5.78. The number of furan rings is 1. The molecule has 0 radical (unpaired) electrons. The molecule has 0 atom stereocenters. The second kappa shape index (κ2) is 5.10. The first-order valence-corrected chi connectivity index (χ1v) is 7.95. The molecule has 0 amide bonds. The maximum absolute atomic E-state index is 5.78. The van der Waals surface area contributed by atoms with Crippen LogP contribution in [0, 0.1) is 0 Å². The van der Waals surface area contributed by atoms with E-state index in [0.29, 0.717) is 0 Å². The summed E-state index contributed by atoms with van der Waals surface area (Å²) >= 11 is 0. The van der Waals surface area contributed by atoms with Crippen LogP contribution >= 0.6 is 0 Å². The van der Waals surface area contributed by atoms with E-state index in [4.69, 9.17) is 4.42 Å². The number of H-pyrrole nitrogens is 1. The number of benzene rings is 2. The van der Waals surface area contributed by atoms with Crippen molar-refractivity contribution in [3.05, 3.63) is 90.0 Å². The zero-order valence-corrected chi connectivity index (χ0v) is 12.9. The van der Waals surface area contributed by atoms with Crippen LogP contribution in [-0.2, 0) is 0 Å². The van der Waals surface area contributed by atoms with Gasteiger partial charge in [0.05, 0.1) is 17.4 Å². The van der Waals surface area contributed by atoms with Crippen LogP contribution in [0.3, 0.4) is 0 Å². The molecule has 5 rings (SSSR count). The van der Waals surface area contributed by atoms with Gasteiger partial charge in [0.25, 0.3) is 0 Å². The molecule has 0 fully saturated rings. The van der Waals surface area contributed by atoms with Crippen LogP contribution in [0.15, 0.2) is 77.5 Å². The fourth-order valence-electron chi connectivity index (χ4n) is 3.39. The van der Waals surface area contributed by atoms with E-state index >= 15 is 0 Å². The number of hydrogen-bond acceptors (Lipinski definition) is 1. The molecule has 24 heavy (non-hydrogen) atoms. The monoisotopic (exact) mass is 311 g/mol. The highest BCUT2D eigenvalue weighted by Crippen LogP contribution is 2.37. The van der Waals surface area contributed by atoms with Gasteiger partial charge >= 0.3 is 0 Å². The highest BCUT2D eigenvalue weighted by molar-refractivity contribution is 6.24. The van der Waals surface area contributed by atoms with E-state index in [1.165, 1.54) is 10.9 Å². The molecule has 0 aliphatic carbocycles. The van der Waals surface area contributed by atoms with Gasteiger partial charge in [-0.3, -0.25) is 0 Å². The number of fused-ring (bicyclic) bond motifs is 2. The molecule has 4 aromatic rings. The largest absolute Gasteiger partial charge is 0.464 e. The van der Waals surface area contributed by atoms with Crippen molar-refractivity contribution >= 4 is 34.0 Å². The number of aromatic nitrogens is 1. The Morgan fingerprint density at radius 2 is 1.79 bits per heavy atom. The summed E-state index contributed by atoms with van der Waals surface area (Å²) in [4.78, 5) is 6.74. The van der Waals surface area contributed by atoms with Crippen LogP contribution < -0.4 is 4.99 Å². The van der Waals surface area contributed by atoms with Crippen molar-refractivity contribution in [3.63, 3.8) is 0 Å². The maximum Gasteiger partial charge on any atom is 0.211 e. The molecule has 3 heterocycles. The Morgan fingerprint density at radius 1 is 0.917 bits per heavy atom. The molecule has 3 nitrogen and oxygen atoms in total. The van der Waals surface area contributed by atoms with E-state index in [2.05, 4.69) is 58.8 Å². The zero-order chi connectivity index (χ0) is 15.9. The molecule has 0 saturated heterocycles. The van der Waals surface area contributed by atoms with Crippen molar-refractivity contribution in [2.45, 2.75) is 0 Å². The van der Waals surface area contributed by atoms with Gasteiger partial charge in [0.15, 0.2) is 6.21 Å². The molecule has 2 N–H and O–H groups in total. The highest BCUT2D eigenvalue weighted by atomic mass is 16.3. The lowest BCUT2D eigenvalue weighted by molar-refractivity contribution is -0.342. The van der Waals surface area contributed by atoms with Gasteiger partial charge in [0.2, 0.25) is 5.69 Å². The van der Waals surface area contributed by atoms with Crippen LogP contribution in [0.4, 0.5) is 5.69 Å². The highest BCUT2D eigenvalue weighted by Gasteiger charge is 2.25. The summed E-state index contributed by atoms with van der Waals surface area (Å²) in [5.74, 6) is 0.865. The van der Waals surface area contributed by atoms with Gasteiger partial charge in [0, 0.05) is 34.3 Å². The lowest BCUT2D eigenvalue weighted by Crippen LogP contribution is -2.58. The molecular formula is C21H15N2O+. The van der Waals surface area contributed by atoms with E-state index in [9.17, 15) is 0 Å². The smallest absolute Gasteiger partial charge is 0.211 e. The summed E-state index contributed by atoms with van der Waals surface area (Å²) in [6.45, 7) is 0. The quantitative estimate of drug-likeness (QED) is 0.584. The van der Waals surface area contributed by atoms with E-state index in [-0.39, 0.29) is 0 Å². The summed E-state index contributed by atoms with van der Waals surface area (Å²) in [5.41, 5.74) is 6.81. The first-order chi connectivity index (χ1) is 11.9. The average Bonchev–Trinajstić information content (AvgIpc) is 3.36. The van der Waals surface area contributed by atoms with Gasteiger partial charge in [0.1, 0.15) is 5.76 Å². The normalized spacial score (nSPS) is 15.0. The predicted octanol–water partition coefficient (Wildman–Crippen LogP) is 3.52. The topological polar surface area (TPSA) is 42.9 Å². The van der Waals surface area contributed by atoms with E-state index in [0.717, 1.165) is 33.7 Å². The number of rotatable bonds is 2. The molecule has 2 aromatic heterocycles. The molecular weight excluding hydrogens is 296 g/mol. The standard InChI is InChI=1S/C21H14N2O/c1-3-8-18-14(6-1)16(12-22-18)21(20-10-5-11-24-20)17-13-23-19-9-4-2-7-15(17)19/h1-13,22H/p+1. The second-order valence-electron chi connectivity index (χ2n) is 5.85. The van der Waals surface area contributed by atoms with Crippen LogP contribution in [0.1, 0.15) is 16.9 Å². The third-order valence-corrected chi connectivity index (χ3v) is 4.48. The minimum Gasteiger partial charge on any atom is -0.464 e. The Bertz CT molecular complexity index is 1100.